The highest BCUT2D eigenvalue weighted by Crippen LogP contribution is 2.17. The van der Waals surface area contributed by atoms with E-state index >= 15 is 0 Å². The van der Waals surface area contributed by atoms with Gasteiger partial charge in [0.15, 0.2) is 0 Å². The molecule has 2 aromatic heterocycles. The van der Waals surface area contributed by atoms with Gasteiger partial charge in [-0.1, -0.05) is 24.3 Å². The zero-order valence-corrected chi connectivity index (χ0v) is 11.2. The summed E-state index contributed by atoms with van der Waals surface area (Å²) in [6, 6.07) is 13.3. The first-order valence-electron chi connectivity index (χ1n) is 6.56. The molecule has 0 atom stereocenters. The molecule has 0 unspecified atom stereocenters. The normalized spacial score (nSPS) is 10.9. The van der Waals surface area contributed by atoms with Crippen molar-refractivity contribution < 1.29 is 4.79 Å². The van der Waals surface area contributed by atoms with Gasteiger partial charge < -0.3 is 5.32 Å². The molecule has 1 amide bonds. The third-order valence-corrected chi connectivity index (χ3v) is 3.01. The summed E-state index contributed by atoms with van der Waals surface area (Å²) >= 11 is 0. The maximum Gasteiger partial charge on any atom is 0.248 e. The number of fused-ring (bicyclic) bond motifs is 1. The number of para-hydroxylation sites is 1. The molecule has 1 aromatic carbocycles. The Kier molecular flexibility index (Phi) is 3.69. The van der Waals surface area contributed by atoms with Crippen molar-refractivity contribution in [2.24, 2.45) is 0 Å². The quantitative estimate of drug-likeness (QED) is 0.746. The lowest BCUT2D eigenvalue weighted by Crippen LogP contribution is -2.07. The molecule has 3 rings (SSSR count). The lowest BCUT2D eigenvalue weighted by molar-refractivity contribution is -0.111. The SMILES string of the molecule is O=C(/C=C/c1cccc2cccnc12)Nc1cccnc1. The van der Waals surface area contributed by atoms with Crippen molar-refractivity contribution >= 4 is 28.6 Å². The van der Waals surface area contributed by atoms with Crippen molar-refractivity contribution in [2.45, 2.75) is 0 Å². The van der Waals surface area contributed by atoms with Crippen LogP contribution in [-0.2, 0) is 4.79 Å². The van der Waals surface area contributed by atoms with E-state index in [1.54, 1.807) is 36.8 Å². The average Bonchev–Trinajstić information content (AvgIpc) is 2.54. The van der Waals surface area contributed by atoms with Crippen LogP contribution in [0.1, 0.15) is 5.56 Å². The largest absolute Gasteiger partial charge is 0.321 e. The third kappa shape index (κ3) is 3.12. The Balaban J connectivity index is 1.80. The molecule has 0 radical (unpaired) electrons. The molecule has 0 spiro atoms. The Morgan fingerprint density at radius 3 is 2.76 bits per heavy atom. The molecular weight excluding hydrogens is 262 g/mol. The first kappa shape index (κ1) is 13.0. The summed E-state index contributed by atoms with van der Waals surface area (Å²) in [5, 5.41) is 3.80. The predicted molar refractivity (Wildman–Crippen MR) is 83.6 cm³/mol. The lowest BCUT2D eigenvalue weighted by Gasteiger charge is -2.02. The van der Waals surface area contributed by atoms with E-state index in [1.165, 1.54) is 6.08 Å². The molecule has 0 aliphatic heterocycles. The molecule has 3 aromatic rings. The number of nitrogens with zero attached hydrogens (tertiary/aromatic N) is 2. The van der Waals surface area contributed by atoms with Gasteiger partial charge in [-0.05, 0) is 24.3 Å². The molecule has 0 aliphatic rings. The summed E-state index contributed by atoms with van der Waals surface area (Å²) in [6.07, 6.45) is 8.27. The zero-order chi connectivity index (χ0) is 14.5. The number of nitrogens with one attached hydrogen (secondary N) is 1. The van der Waals surface area contributed by atoms with Crippen LogP contribution >= 0.6 is 0 Å². The number of aromatic nitrogens is 2. The second-order valence-electron chi connectivity index (χ2n) is 4.49. The van der Waals surface area contributed by atoms with Crippen molar-refractivity contribution in [3.8, 4) is 0 Å². The highest BCUT2D eigenvalue weighted by atomic mass is 16.1. The first-order chi connectivity index (χ1) is 10.3. The average molecular weight is 275 g/mol. The van der Waals surface area contributed by atoms with E-state index in [4.69, 9.17) is 0 Å². The minimum absolute atomic E-state index is 0.198. The van der Waals surface area contributed by atoms with E-state index in [9.17, 15) is 4.79 Å². The minimum Gasteiger partial charge on any atom is -0.321 e. The van der Waals surface area contributed by atoms with Gasteiger partial charge in [0.25, 0.3) is 0 Å². The Morgan fingerprint density at radius 1 is 1.05 bits per heavy atom. The summed E-state index contributed by atoms with van der Waals surface area (Å²) in [5.74, 6) is -0.198. The molecule has 1 N–H and O–H groups in total. The van der Waals surface area contributed by atoms with Crippen LogP contribution in [0.5, 0.6) is 0 Å². The number of pyridine rings is 2. The molecular formula is C17H13N3O. The highest BCUT2D eigenvalue weighted by Gasteiger charge is 2.00. The van der Waals surface area contributed by atoms with Crippen LogP contribution in [0.3, 0.4) is 0 Å². The van der Waals surface area contributed by atoms with E-state index in [-0.39, 0.29) is 5.91 Å². The monoisotopic (exact) mass is 275 g/mol. The number of anilines is 1. The molecule has 2 heterocycles. The standard InChI is InChI=1S/C17H13N3O/c21-16(20-15-7-3-10-18-12-15)9-8-14-5-1-4-13-6-2-11-19-17(13)14/h1-12H,(H,20,21)/b9-8+. The van der Waals surface area contributed by atoms with Gasteiger partial charge in [0, 0.05) is 29.4 Å². The van der Waals surface area contributed by atoms with E-state index in [0.29, 0.717) is 5.69 Å². The summed E-state index contributed by atoms with van der Waals surface area (Å²) < 4.78 is 0. The maximum absolute atomic E-state index is 11.9. The predicted octanol–water partition coefficient (Wildman–Crippen LogP) is 3.28. The van der Waals surface area contributed by atoms with Crippen LogP contribution in [0.25, 0.3) is 17.0 Å². The minimum atomic E-state index is -0.198. The summed E-state index contributed by atoms with van der Waals surface area (Å²) in [7, 11) is 0. The zero-order valence-electron chi connectivity index (χ0n) is 11.2. The van der Waals surface area contributed by atoms with Gasteiger partial charge in [-0.2, -0.15) is 0 Å². The van der Waals surface area contributed by atoms with Crippen LogP contribution in [0.2, 0.25) is 0 Å². The fourth-order valence-corrected chi connectivity index (χ4v) is 2.05. The number of hydrogen-bond donors (Lipinski definition) is 1. The van der Waals surface area contributed by atoms with Gasteiger partial charge in [-0.25, -0.2) is 0 Å². The van der Waals surface area contributed by atoms with Crippen LogP contribution in [0.4, 0.5) is 5.69 Å². The molecule has 4 nitrogen and oxygen atoms in total. The summed E-state index contributed by atoms with van der Waals surface area (Å²) in [5.41, 5.74) is 2.46. The van der Waals surface area contributed by atoms with Crippen molar-refractivity contribution in [3.63, 3.8) is 0 Å². The number of benzene rings is 1. The molecule has 0 saturated heterocycles. The first-order valence-corrected chi connectivity index (χ1v) is 6.56. The van der Waals surface area contributed by atoms with Gasteiger partial charge in [-0.3, -0.25) is 14.8 Å². The Hall–Kier alpha value is -3.01. The number of hydrogen-bond acceptors (Lipinski definition) is 3. The van der Waals surface area contributed by atoms with E-state index in [1.807, 2.05) is 30.3 Å². The van der Waals surface area contributed by atoms with Gasteiger partial charge in [0.1, 0.15) is 0 Å². The van der Waals surface area contributed by atoms with Gasteiger partial charge in [0.2, 0.25) is 5.91 Å². The molecule has 21 heavy (non-hydrogen) atoms. The number of carbonyl (C=O) groups excluding carboxylic acids is 1. The maximum atomic E-state index is 11.9. The molecule has 0 aliphatic carbocycles. The number of amides is 1. The Bertz CT molecular complexity index is 792. The van der Waals surface area contributed by atoms with Crippen LogP contribution in [-0.4, -0.2) is 15.9 Å². The van der Waals surface area contributed by atoms with Crippen LogP contribution in [0, 0.1) is 0 Å². The second kappa shape index (κ2) is 5.96. The topological polar surface area (TPSA) is 54.9 Å². The van der Waals surface area contributed by atoms with Crippen LogP contribution < -0.4 is 5.32 Å². The van der Waals surface area contributed by atoms with Crippen molar-refractivity contribution in [2.75, 3.05) is 5.32 Å². The van der Waals surface area contributed by atoms with Gasteiger partial charge in [-0.15, -0.1) is 0 Å². The number of rotatable bonds is 3. The van der Waals surface area contributed by atoms with E-state index < -0.39 is 0 Å². The lowest BCUT2D eigenvalue weighted by atomic mass is 10.1. The summed E-state index contributed by atoms with van der Waals surface area (Å²) in [4.78, 5) is 20.2. The Morgan fingerprint density at radius 2 is 1.90 bits per heavy atom. The molecule has 102 valence electrons. The van der Waals surface area contributed by atoms with Crippen molar-refractivity contribution in [3.05, 3.63) is 72.7 Å². The molecule has 0 fully saturated rings. The smallest absolute Gasteiger partial charge is 0.248 e. The van der Waals surface area contributed by atoms with Gasteiger partial charge in [0.05, 0.1) is 17.4 Å². The fraction of sp³-hybridized carbons (Fsp3) is 0. The Labute approximate surface area is 122 Å². The van der Waals surface area contributed by atoms with E-state index in [0.717, 1.165) is 16.5 Å². The molecule has 0 saturated carbocycles. The van der Waals surface area contributed by atoms with Crippen molar-refractivity contribution in [1.29, 1.82) is 0 Å². The molecule has 4 heteroatoms. The van der Waals surface area contributed by atoms with Crippen molar-refractivity contribution in [1.82, 2.24) is 9.97 Å². The third-order valence-electron chi connectivity index (χ3n) is 3.01. The fourth-order valence-electron chi connectivity index (χ4n) is 2.05. The molecule has 0 bridgehead atoms. The van der Waals surface area contributed by atoms with E-state index in [2.05, 4.69) is 15.3 Å². The van der Waals surface area contributed by atoms with Crippen LogP contribution in [0.15, 0.2) is 67.1 Å². The highest BCUT2D eigenvalue weighted by molar-refractivity contribution is 6.03. The number of carbonyl (C=O) groups is 1. The second-order valence-corrected chi connectivity index (χ2v) is 4.49. The van der Waals surface area contributed by atoms with Gasteiger partial charge >= 0.3 is 0 Å². The summed E-state index contributed by atoms with van der Waals surface area (Å²) in [6.45, 7) is 0.